The van der Waals surface area contributed by atoms with E-state index in [0.717, 1.165) is 49.0 Å². The number of nitrogens with zero attached hydrogens (tertiary/aromatic N) is 3. The van der Waals surface area contributed by atoms with Crippen LogP contribution in [0.4, 0.5) is 4.39 Å². The van der Waals surface area contributed by atoms with Crippen molar-refractivity contribution >= 4 is 22.6 Å². The van der Waals surface area contributed by atoms with Crippen molar-refractivity contribution in [2.45, 2.75) is 63.7 Å². The Balaban J connectivity index is 1.10. The fourth-order valence-corrected chi connectivity index (χ4v) is 7.01. The third kappa shape index (κ3) is 5.95. The largest absolute Gasteiger partial charge is 0.495 e. The number of ether oxygens (including phenoxy) is 1. The Bertz CT molecular complexity index is 1560. The van der Waals surface area contributed by atoms with Gasteiger partial charge in [0.15, 0.2) is 5.78 Å². The number of benzene rings is 2. The van der Waals surface area contributed by atoms with Gasteiger partial charge in [-0.3, -0.25) is 19.5 Å². The van der Waals surface area contributed by atoms with Gasteiger partial charge in [0.25, 0.3) is 5.91 Å². The van der Waals surface area contributed by atoms with E-state index in [4.69, 9.17) is 4.74 Å². The van der Waals surface area contributed by atoms with Crippen molar-refractivity contribution in [2.75, 3.05) is 13.7 Å². The topological polar surface area (TPSA) is 76.5 Å². The van der Waals surface area contributed by atoms with Crippen LogP contribution >= 0.6 is 0 Å². The third-order valence-corrected chi connectivity index (χ3v) is 8.89. The van der Waals surface area contributed by atoms with E-state index < -0.39 is 0 Å². The fourth-order valence-electron chi connectivity index (χ4n) is 7.01. The summed E-state index contributed by atoms with van der Waals surface area (Å²) >= 11 is 0. The Morgan fingerprint density at radius 2 is 1.83 bits per heavy atom. The zero-order chi connectivity index (χ0) is 29.1. The number of Topliss-reactive ketones (excluding diaryl/α,β-unsaturated/α-hetero) is 1. The molecule has 0 saturated carbocycles. The first-order valence-corrected chi connectivity index (χ1v) is 14.9. The predicted octanol–water partition coefficient (Wildman–Crippen LogP) is 6.02. The number of piperidine rings is 1. The molecule has 1 unspecified atom stereocenters. The van der Waals surface area contributed by atoms with E-state index in [2.05, 4.69) is 19.8 Å². The summed E-state index contributed by atoms with van der Waals surface area (Å²) in [4.78, 5) is 32.9. The highest BCUT2D eigenvalue weighted by atomic mass is 19.1. The molecule has 8 heteroatoms. The normalized spacial score (nSPS) is 20.1. The molecule has 4 heterocycles. The maximum atomic E-state index is 13.6. The van der Waals surface area contributed by atoms with Crippen molar-refractivity contribution in [3.05, 3.63) is 95.7 Å². The van der Waals surface area contributed by atoms with Crippen LogP contribution in [-0.4, -0.2) is 51.9 Å². The molecule has 1 N–H and O–H groups in total. The first kappa shape index (κ1) is 28.1. The SMILES string of the molecule is COc1cccc2c(C(=O)NCc3cccc(F)c3)cn(CCCN3[C@@H]4CC[C@H]3CC(CC(=O)c3ccccn3)C4)c12. The Morgan fingerprint density at radius 3 is 2.57 bits per heavy atom. The molecule has 2 aliphatic heterocycles. The van der Waals surface area contributed by atoms with Gasteiger partial charge in [-0.1, -0.05) is 30.3 Å². The number of pyridine rings is 1. The molecule has 2 fully saturated rings. The minimum atomic E-state index is -0.321. The Labute approximate surface area is 245 Å². The van der Waals surface area contributed by atoms with Crippen LogP contribution in [0, 0.1) is 11.7 Å². The quantitative estimate of drug-likeness (QED) is 0.224. The number of para-hydroxylation sites is 1. The number of nitrogens with one attached hydrogen (secondary N) is 1. The lowest BCUT2D eigenvalue weighted by Gasteiger charge is -2.39. The monoisotopic (exact) mass is 568 g/mol. The van der Waals surface area contributed by atoms with Gasteiger partial charge in [0.05, 0.1) is 18.2 Å². The molecule has 3 atom stereocenters. The molecule has 1 amide bonds. The van der Waals surface area contributed by atoms with Crippen LogP contribution in [0.15, 0.2) is 73.1 Å². The minimum Gasteiger partial charge on any atom is -0.495 e. The number of amides is 1. The van der Waals surface area contributed by atoms with E-state index in [1.165, 1.54) is 25.0 Å². The number of ketones is 1. The molecule has 6 rings (SSSR count). The number of halogens is 1. The van der Waals surface area contributed by atoms with E-state index in [9.17, 15) is 14.0 Å². The lowest BCUT2D eigenvalue weighted by Crippen LogP contribution is -2.43. The van der Waals surface area contributed by atoms with E-state index in [1.54, 1.807) is 25.4 Å². The van der Waals surface area contributed by atoms with Gasteiger partial charge >= 0.3 is 0 Å². The van der Waals surface area contributed by atoms with Crippen molar-refractivity contribution in [3.63, 3.8) is 0 Å². The molecule has 2 aromatic carbocycles. The second-order valence-corrected chi connectivity index (χ2v) is 11.6. The summed E-state index contributed by atoms with van der Waals surface area (Å²) in [5.41, 5.74) is 2.78. The predicted molar refractivity (Wildman–Crippen MR) is 160 cm³/mol. The summed E-state index contributed by atoms with van der Waals surface area (Å²) in [6.45, 7) is 1.98. The highest BCUT2D eigenvalue weighted by molar-refractivity contribution is 6.08. The van der Waals surface area contributed by atoms with E-state index in [-0.39, 0.29) is 24.1 Å². The van der Waals surface area contributed by atoms with Crippen LogP contribution in [0.2, 0.25) is 0 Å². The van der Waals surface area contributed by atoms with Crippen LogP contribution in [-0.2, 0) is 13.1 Å². The molecule has 2 bridgehead atoms. The number of rotatable bonds is 11. The van der Waals surface area contributed by atoms with Crippen molar-refractivity contribution in [2.24, 2.45) is 5.92 Å². The second-order valence-electron chi connectivity index (χ2n) is 11.6. The van der Waals surface area contributed by atoms with Crippen LogP contribution in [0.1, 0.15) is 64.9 Å². The van der Waals surface area contributed by atoms with Gasteiger partial charge in [-0.05, 0) is 73.9 Å². The highest BCUT2D eigenvalue weighted by Crippen LogP contribution is 2.40. The van der Waals surface area contributed by atoms with Gasteiger partial charge in [-0.15, -0.1) is 0 Å². The molecule has 42 heavy (non-hydrogen) atoms. The van der Waals surface area contributed by atoms with Crippen LogP contribution in [0.5, 0.6) is 5.75 Å². The summed E-state index contributed by atoms with van der Waals surface area (Å²) in [7, 11) is 1.65. The van der Waals surface area contributed by atoms with Gasteiger partial charge in [-0.2, -0.15) is 0 Å². The van der Waals surface area contributed by atoms with Crippen LogP contribution < -0.4 is 10.1 Å². The van der Waals surface area contributed by atoms with E-state index in [0.29, 0.717) is 41.2 Å². The molecule has 0 spiro atoms. The van der Waals surface area contributed by atoms with Crippen LogP contribution in [0.3, 0.4) is 0 Å². The summed E-state index contributed by atoms with van der Waals surface area (Å²) in [5.74, 6) is 0.780. The minimum absolute atomic E-state index is 0.151. The van der Waals surface area contributed by atoms with E-state index >= 15 is 0 Å². The average molecular weight is 569 g/mol. The Morgan fingerprint density at radius 1 is 1.02 bits per heavy atom. The number of methoxy groups -OCH3 is 1. The van der Waals surface area contributed by atoms with Gasteiger partial charge in [0, 0.05) is 55.9 Å². The average Bonchev–Trinajstić information content (AvgIpc) is 3.49. The van der Waals surface area contributed by atoms with Gasteiger partial charge < -0.3 is 14.6 Å². The molecule has 2 aromatic heterocycles. The lowest BCUT2D eigenvalue weighted by atomic mass is 9.86. The number of aromatic nitrogens is 2. The molecule has 2 saturated heterocycles. The zero-order valence-electron chi connectivity index (χ0n) is 24.0. The zero-order valence-corrected chi connectivity index (χ0v) is 24.0. The molecule has 4 aromatic rings. The Kier molecular flexibility index (Phi) is 8.33. The second kappa shape index (κ2) is 12.4. The maximum Gasteiger partial charge on any atom is 0.253 e. The van der Waals surface area contributed by atoms with Crippen molar-refractivity contribution < 1.29 is 18.7 Å². The molecular formula is C34H37FN4O3. The molecular weight excluding hydrogens is 531 g/mol. The highest BCUT2D eigenvalue weighted by Gasteiger charge is 2.40. The standard InChI is InChI=1S/C34H37FN4O3/c1-42-32-11-5-9-28-29(34(41)37-21-23-7-4-8-25(35)17-23)22-38(33(28)32)15-6-16-39-26-12-13-27(39)19-24(18-26)20-31(40)30-10-2-3-14-36-30/h2-5,7-11,14,17,22,24,26-27H,6,12-13,15-16,18-21H2,1H3,(H,37,41)/t24?,26-,27+. The number of fused-ring (bicyclic) bond motifs is 3. The number of hydrogen-bond acceptors (Lipinski definition) is 5. The fraction of sp³-hybridized carbons (Fsp3) is 0.382. The maximum absolute atomic E-state index is 13.6. The summed E-state index contributed by atoms with van der Waals surface area (Å²) < 4.78 is 21.4. The molecule has 7 nitrogen and oxygen atoms in total. The number of hydrogen-bond donors (Lipinski definition) is 1. The van der Waals surface area contributed by atoms with Gasteiger partial charge in [0.1, 0.15) is 17.3 Å². The van der Waals surface area contributed by atoms with Gasteiger partial charge in [-0.25, -0.2) is 4.39 Å². The summed E-state index contributed by atoms with van der Waals surface area (Å²) in [6.07, 6.45) is 9.62. The van der Waals surface area contributed by atoms with Crippen molar-refractivity contribution in [1.82, 2.24) is 19.8 Å². The van der Waals surface area contributed by atoms with Crippen LogP contribution in [0.25, 0.3) is 10.9 Å². The smallest absolute Gasteiger partial charge is 0.253 e. The first-order chi connectivity index (χ1) is 20.5. The summed E-state index contributed by atoms with van der Waals surface area (Å²) in [5, 5.41) is 3.78. The van der Waals surface area contributed by atoms with Gasteiger partial charge in [0.2, 0.25) is 0 Å². The van der Waals surface area contributed by atoms with Crippen molar-refractivity contribution in [3.8, 4) is 5.75 Å². The molecule has 0 radical (unpaired) electrons. The molecule has 0 aliphatic carbocycles. The number of carbonyl (C=O) groups excluding carboxylic acids is 2. The third-order valence-electron chi connectivity index (χ3n) is 8.89. The molecule has 2 aliphatic rings. The van der Waals surface area contributed by atoms with Crippen molar-refractivity contribution in [1.29, 1.82) is 0 Å². The molecule has 218 valence electrons. The number of carbonyl (C=O) groups is 2. The number of aryl methyl sites for hydroxylation is 1. The van der Waals surface area contributed by atoms with E-state index in [1.807, 2.05) is 42.6 Å². The Hall–Kier alpha value is -4.04. The first-order valence-electron chi connectivity index (χ1n) is 14.9. The lowest BCUT2D eigenvalue weighted by molar-refractivity contribution is 0.0803. The summed E-state index contributed by atoms with van der Waals surface area (Å²) in [6, 6.07) is 18.6.